The number of phenolic OH excluding ortho intramolecular Hbond substituents is 1. The third kappa shape index (κ3) is 4.16. The second kappa shape index (κ2) is 8.23. The number of phenols is 1. The molecule has 1 saturated heterocycles. The number of unbranched alkanes of at least 4 members (excludes halogenated alkanes) is 1. The van der Waals surface area contributed by atoms with E-state index in [1.54, 1.807) is 19.3 Å². The average Bonchev–Trinajstić information content (AvgIpc) is 2.66. The minimum atomic E-state index is -0.117. The molecule has 2 aliphatic heterocycles. The molecule has 3 rings (SSSR count). The lowest BCUT2D eigenvalue weighted by Crippen LogP contribution is -2.46. The van der Waals surface area contributed by atoms with Gasteiger partial charge in [0.25, 0.3) is 0 Å². The fraction of sp³-hybridized carbons (Fsp3) is 0.474. The number of piperazine rings is 1. The highest BCUT2D eigenvalue weighted by Crippen LogP contribution is 2.27. The van der Waals surface area contributed by atoms with Crippen molar-refractivity contribution < 1.29 is 9.90 Å². The Balaban J connectivity index is 1.37. The van der Waals surface area contributed by atoms with Gasteiger partial charge in [0, 0.05) is 39.8 Å². The Bertz CT molecular complexity index is 682. The summed E-state index contributed by atoms with van der Waals surface area (Å²) in [7, 11) is 1.72. The van der Waals surface area contributed by atoms with Gasteiger partial charge in [-0.25, -0.2) is 9.80 Å². The highest BCUT2D eigenvalue weighted by Gasteiger charge is 2.23. The summed E-state index contributed by atoms with van der Waals surface area (Å²) < 4.78 is 0. The molecule has 0 aliphatic carbocycles. The van der Waals surface area contributed by atoms with Gasteiger partial charge >= 0.3 is 6.03 Å². The van der Waals surface area contributed by atoms with E-state index in [0.29, 0.717) is 18.0 Å². The molecule has 2 heterocycles. The first-order chi connectivity index (χ1) is 12.6. The molecule has 26 heavy (non-hydrogen) atoms. The summed E-state index contributed by atoms with van der Waals surface area (Å²) in [6, 6.07) is 7.39. The number of urea groups is 1. The van der Waals surface area contributed by atoms with Crippen molar-refractivity contribution in [2.75, 3.05) is 51.2 Å². The second-order valence-electron chi connectivity index (χ2n) is 6.73. The van der Waals surface area contributed by atoms with Crippen molar-refractivity contribution in [2.24, 2.45) is 5.10 Å². The van der Waals surface area contributed by atoms with Gasteiger partial charge in [-0.1, -0.05) is 18.7 Å². The molecule has 0 spiro atoms. The Morgan fingerprint density at radius 3 is 2.54 bits per heavy atom. The van der Waals surface area contributed by atoms with Gasteiger partial charge < -0.3 is 10.0 Å². The summed E-state index contributed by atoms with van der Waals surface area (Å²) in [5.74, 6) is 0.348. The highest BCUT2D eigenvalue weighted by atomic mass is 16.3. The Morgan fingerprint density at radius 1 is 1.12 bits per heavy atom. The molecule has 0 aromatic heterocycles. The standard InChI is InChI=1S/C19H27N5O2/c1-16-15-20-24(19(26)21(16)2)10-6-5-9-22-11-13-23(14-12-22)17-7-3-4-8-18(17)25/h3-4,7-8,15,25H,1,5-6,9-14H2,2H3. The van der Waals surface area contributed by atoms with Gasteiger partial charge in [-0.15, -0.1) is 0 Å². The van der Waals surface area contributed by atoms with Gasteiger partial charge in [0.2, 0.25) is 0 Å². The molecule has 7 nitrogen and oxygen atoms in total. The molecule has 1 N–H and O–H groups in total. The van der Waals surface area contributed by atoms with Crippen molar-refractivity contribution in [2.45, 2.75) is 12.8 Å². The van der Waals surface area contributed by atoms with Gasteiger partial charge in [-0.2, -0.15) is 5.10 Å². The molecule has 1 aromatic carbocycles. The lowest BCUT2D eigenvalue weighted by molar-refractivity contribution is 0.170. The van der Waals surface area contributed by atoms with Crippen LogP contribution in [0.4, 0.5) is 10.5 Å². The third-order valence-corrected chi connectivity index (χ3v) is 4.97. The summed E-state index contributed by atoms with van der Waals surface area (Å²) in [5.41, 5.74) is 1.54. The lowest BCUT2D eigenvalue weighted by Gasteiger charge is -2.36. The maximum Gasteiger partial charge on any atom is 0.344 e. The molecule has 140 valence electrons. The Labute approximate surface area is 154 Å². The van der Waals surface area contributed by atoms with Crippen LogP contribution in [0.5, 0.6) is 5.75 Å². The molecule has 0 radical (unpaired) electrons. The van der Waals surface area contributed by atoms with Crippen LogP contribution in [0, 0.1) is 0 Å². The van der Waals surface area contributed by atoms with Crippen LogP contribution in [-0.4, -0.2) is 78.5 Å². The number of rotatable bonds is 6. The predicted octanol–water partition coefficient (Wildman–Crippen LogP) is 2.16. The summed E-state index contributed by atoms with van der Waals surface area (Å²) >= 11 is 0. The number of hydrogen-bond acceptors (Lipinski definition) is 5. The number of benzene rings is 1. The van der Waals surface area contributed by atoms with Crippen LogP contribution < -0.4 is 4.90 Å². The number of amides is 2. The zero-order valence-corrected chi connectivity index (χ0v) is 15.3. The van der Waals surface area contributed by atoms with E-state index >= 15 is 0 Å². The number of carbonyl (C=O) groups excluding carboxylic acids is 1. The van der Waals surface area contributed by atoms with E-state index in [4.69, 9.17) is 0 Å². The molecule has 7 heteroatoms. The van der Waals surface area contributed by atoms with E-state index < -0.39 is 0 Å². The van der Waals surface area contributed by atoms with Gasteiger partial charge in [0.15, 0.2) is 0 Å². The van der Waals surface area contributed by atoms with E-state index in [9.17, 15) is 9.90 Å². The first kappa shape index (κ1) is 18.3. The number of para-hydroxylation sites is 2. The minimum absolute atomic E-state index is 0.117. The van der Waals surface area contributed by atoms with Crippen molar-refractivity contribution in [1.29, 1.82) is 0 Å². The zero-order chi connectivity index (χ0) is 18.5. The van der Waals surface area contributed by atoms with Crippen molar-refractivity contribution >= 4 is 17.9 Å². The SMILES string of the molecule is C=C1C=NN(CCCCN2CCN(c3ccccc3O)CC2)C(=O)N1C. The lowest BCUT2D eigenvalue weighted by atomic mass is 10.2. The molecule has 0 unspecified atom stereocenters. The number of nitrogens with zero attached hydrogens (tertiary/aromatic N) is 5. The number of aromatic hydroxyl groups is 1. The van der Waals surface area contributed by atoms with Gasteiger partial charge in [0.05, 0.1) is 17.6 Å². The summed E-state index contributed by atoms with van der Waals surface area (Å²) in [5, 5.41) is 15.6. The van der Waals surface area contributed by atoms with E-state index in [2.05, 4.69) is 21.5 Å². The molecule has 2 amide bonds. The first-order valence-corrected chi connectivity index (χ1v) is 9.09. The molecule has 1 aromatic rings. The molecule has 0 saturated carbocycles. The molecule has 2 aliphatic rings. The second-order valence-corrected chi connectivity index (χ2v) is 6.73. The van der Waals surface area contributed by atoms with Crippen LogP contribution in [-0.2, 0) is 0 Å². The number of allylic oxidation sites excluding steroid dienone is 1. The quantitative estimate of drug-likeness (QED) is 0.793. The summed E-state index contributed by atoms with van der Waals surface area (Å²) in [6.45, 7) is 9.22. The molecule has 1 fully saturated rings. The summed E-state index contributed by atoms with van der Waals surface area (Å²) in [6.07, 6.45) is 3.57. The predicted molar refractivity (Wildman–Crippen MR) is 103 cm³/mol. The number of anilines is 1. The maximum absolute atomic E-state index is 12.1. The monoisotopic (exact) mass is 357 g/mol. The maximum atomic E-state index is 12.1. The number of hydrazone groups is 1. The fourth-order valence-electron chi connectivity index (χ4n) is 3.26. The van der Waals surface area contributed by atoms with E-state index in [-0.39, 0.29) is 6.03 Å². The van der Waals surface area contributed by atoms with Crippen molar-refractivity contribution in [3.63, 3.8) is 0 Å². The molecule has 0 bridgehead atoms. The highest BCUT2D eigenvalue weighted by molar-refractivity contribution is 5.90. The average molecular weight is 357 g/mol. The van der Waals surface area contributed by atoms with Crippen LogP contribution in [0.25, 0.3) is 0 Å². The van der Waals surface area contributed by atoms with E-state index in [1.165, 1.54) is 9.91 Å². The smallest absolute Gasteiger partial charge is 0.344 e. The van der Waals surface area contributed by atoms with E-state index in [1.807, 2.05) is 18.2 Å². The third-order valence-electron chi connectivity index (χ3n) is 4.97. The zero-order valence-electron chi connectivity index (χ0n) is 15.3. The Kier molecular flexibility index (Phi) is 5.78. The topological polar surface area (TPSA) is 62.6 Å². The van der Waals surface area contributed by atoms with Crippen molar-refractivity contribution in [3.05, 3.63) is 36.5 Å². The van der Waals surface area contributed by atoms with Crippen LogP contribution in [0.1, 0.15) is 12.8 Å². The van der Waals surface area contributed by atoms with Crippen molar-refractivity contribution in [1.82, 2.24) is 14.8 Å². The fourth-order valence-corrected chi connectivity index (χ4v) is 3.26. The molecule has 0 atom stereocenters. The van der Waals surface area contributed by atoms with Crippen LogP contribution in [0.3, 0.4) is 0 Å². The van der Waals surface area contributed by atoms with Gasteiger partial charge in [-0.05, 0) is 31.5 Å². The summed E-state index contributed by atoms with van der Waals surface area (Å²) in [4.78, 5) is 18.3. The Hall–Kier alpha value is -2.54. The van der Waals surface area contributed by atoms with Crippen LogP contribution >= 0.6 is 0 Å². The Morgan fingerprint density at radius 2 is 1.81 bits per heavy atom. The molecular weight excluding hydrogens is 330 g/mol. The van der Waals surface area contributed by atoms with Crippen molar-refractivity contribution in [3.8, 4) is 5.75 Å². The van der Waals surface area contributed by atoms with Gasteiger partial charge in [-0.3, -0.25) is 9.80 Å². The number of hydrogen-bond donors (Lipinski definition) is 1. The largest absolute Gasteiger partial charge is 0.506 e. The van der Waals surface area contributed by atoms with Gasteiger partial charge in [0.1, 0.15) is 5.75 Å². The minimum Gasteiger partial charge on any atom is -0.506 e. The van der Waals surface area contributed by atoms with Crippen LogP contribution in [0.2, 0.25) is 0 Å². The molecular formula is C19H27N5O2. The number of carbonyl (C=O) groups is 1. The first-order valence-electron chi connectivity index (χ1n) is 9.09. The van der Waals surface area contributed by atoms with E-state index in [0.717, 1.165) is 51.3 Å². The normalized spacial score (nSPS) is 18.7. The van der Waals surface area contributed by atoms with Crippen LogP contribution in [0.15, 0.2) is 41.6 Å².